The van der Waals surface area contributed by atoms with Gasteiger partial charge in [0.25, 0.3) is 0 Å². The van der Waals surface area contributed by atoms with E-state index in [1.807, 2.05) is 0 Å². The van der Waals surface area contributed by atoms with Crippen molar-refractivity contribution < 1.29 is 19.2 Å². The Labute approximate surface area is 97.2 Å². The molecular weight excluding hydrogens is 224 g/mol. The van der Waals surface area contributed by atoms with Crippen LogP contribution in [0.3, 0.4) is 0 Å². The van der Waals surface area contributed by atoms with Crippen LogP contribution in [-0.2, 0) is 17.8 Å². The molecule has 0 saturated heterocycles. The molecule has 0 bridgehead atoms. The van der Waals surface area contributed by atoms with Gasteiger partial charge in [-0.15, -0.1) is 0 Å². The maximum atomic E-state index is 11.9. The zero-order chi connectivity index (χ0) is 12.0. The van der Waals surface area contributed by atoms with E-state index in [2.05, 4.69) is 5.16 Å². The van der Waals surface area contributed by atoms with Crippen molar-refractivity contribution in [3.8, 4) is 0 Å². The zero-order valence-electron chi connectivity index (χ0n) is 9.18. The van der Waals surface area contributed by atoms with Crippen molar-refractivity contribution in [1.82, 2.24) is 10.1 Å². The minimum atomic E-state index is -1.13. The molecule has 0 unspecified atom stereocenters. The van der Waals surface area contributed by atoms with E-state index in [4.69, 9.17) is 9.63 Å². The van der Waals surface area contributed by atoms with E-state index in [0.717, 1.165) is 12.8 Å². The van der Waals surface area contributed by atoms with Crippen LogP contribution in [0.5, 0.6) is 0 Å². The van der Waals surface area contributed by atoms with Gasteiger partial charge in [-0.25, -0.2) is 4.79 Å². The highest BCUT2D eigenvalue weighted by atomic mass is 16.5. The normalized spacial score (nSPS) is 18.9. The first-order valence-corrected chi connectivity index (χ1v) is 5.66. The highest BCUT2D eigenvalue weighted by molar-refractivity contribution is 5.87. The lowest BCUT2D eigenvalue weighted by atomic mass is 10.1. The van der Waals surface area contributed by atoms with E-state index in [1.54, 1.807) is 4.90 Å². The molecular formula is C11H12N2O4. The van der Waals surface area contributed by atoms with Crippen molar-refractivity contribution in [3.05, 3.63) is 17.0 Å². The van der Waals surface area contributed by atoms with Gasteiger partial charge in [0.05, 0.1) is 12.2 Å². The second kappa shape index (κ2) is 3.58. The lowest BCUT2D eigenvalue weighted by Crippen LogP contribution is -2.37. The van der Waals surface area contributed by atoms with Crippen molar-refractivity contribution in [2.24, 2.45) is 5.92 Å². The van der Waals surface area contributed by atoms with Crippen LogP contribution in [-0.4, -0.2) is 33.6 Å². The average Bonchev–Trinajstić information content (AvgIpc) is 3.06. The summed E-state index contributed by atoms with van der Waals surface area (Å²) in [5.41, 5.74) is 1.22. The Morgan fingerprint density at radius 3 is 2.82 bits per heavy atom. The number of fused-ring (bicyclic) bond motifs is 1. The van der Waals surface area contributed by atoms with Gasteiger partial charge < -0.3 is 14.5 Å². The third-order valence-corrected chi connectivity index (χ3v) is 3.27. The number of carbonyl (C=O) groups is 2. The number of aromatic nitrogens is 1. The lowest BCUT2D eigenvalue weighted by molar-refractivity contribution is -0.133. The summed E-state index contributed by atoms with van der Waals surface area (Å²) in [5, 5.41) is 12.7. The van der Waals surface area contributed by atoms with E-state index >= 15 is 0 Å². The smallest absolute Gasteiger partial charge is 0.375 e. The summed E-state index contributed by atoms with van der Waals surface area (Å²) in [5.74, 6) is -0.967. The maximum Gasteiger partial charge on any atom is 0.375 e. The van der Waals surface area contributed by atoms with Gasteiger partial charge in [-0.1, -0.05) is 5.16 Å². The fourth-order valence-corrected chi connectivity index (χ4v) is 2.16. The van der Waals surface area contributed by atoms with Crippen molar-refractivity contribution in [1.29, 1.82) is 0 Å². The molecule has 1 aliphatic carbocycles. The molecule has 1 saturated carbocycles. The quantitative estimate of drug-likeness (QED) is 0.815. The largest absolute Gasteiger partial charge is 0.475 e. The average molecular weight is 236 g/mol. The van der Waals surface area contributed by atoms with Gasteiger partial charge in [-0.3, -0.25) is 4.79 Å². The van der Waals surface area contributed by atoms with Crippen molar-refractivity contribution in [3.63, 3.8) is 0 Å². The summed E-state index contributed by atoms with van der Waals surface area (Å²) in [6.07, 6.45) is 2.49. The molecule has 0 radical (unpaired) electrons. The minimum absolute atomic E-state index is 0.131. The molecule has 1 fully saturated rings. The molecule has 6 heteroatoms. The summed E-state index contributed by atoms with van der Waals surface area (Å²) in [7, 11) is 0. The van der Waals surface area contributed by atoms with Gasteiger partial charge >= 0.3 is 5.97 Å². The molecule has 0 atom stereocenters. The Morgan fingerprint density at radius 1 is 1.41 bits per heavy atom. The molecule has 2 heterocycles. The number of aromatic carboxylic acids is 1. The third kappa shape index (κ3) is 1.69. The fraction of sp³-hybridized carbons (Fsp3) is 0.545. The molecule has 90 valence electrons. The van der Waals surface area contributed by atoms with Gasteiger partial charge in [0.1, 0.15) is 0 Å². The topological polar surface area (TPSA) is 83.6 Å². The van der Waals surface area contributed by atoms with Crippen LogP contribution in [0.1, 0.15) is 34.7 Å². The molecule has 0 spiro atoms. The van der Waals surface area contributed by atoms with Gasteiger partial charge in [-0.05, 0) is 12.8 Å². The Balaban J connectivity index is 1.85. The highest BCUT2D eigenvalue weighted by Gasteiger charge is 2.36. The Bertz CT molecular complexity index is 490. The molecule has 1 aromatic rings. The predicted molar refractivity (Wildman–Crippen MR) is 55.3 cm³/mol. The number of rotatable bonds is 2. The summed E-state index contributed by atoms with van der Waals surface area (Å²) >= 11 is 0. The summed E-state index contributed by atoms with van der Waals surface area (Å²) in [6.45, 7) is 0.920. The lowest BCUT2D eigenvalue weighted by Gasteiger charge is -2.26. The van der Waals surface area contributed by atoms with E-state index < -0.39 is 5.97 Å². The number of nitrogens with zero attached hydrogens (tertiary/aromatic N) is 2. The van der Waals surface area contributed by atoms with Crippen molar-refractivity contribution in [2.75, 3.05) is 6.54 Å². The number of hydrogen-bond donors (Lipinski definition) is 1. The molecule has 2 aliphatic rings. The first kappa shape index (κ1) is 10.3. The summed E-state index contributed by atoms with van der Waals surface area (Å²) in [4.78, 5) is 24.5. The Kier molecular flexibility index (Phi) is 2.17. The standard InChI is InChI=1S/C11H12N2O4/c14-10(6-1-2-6)13-4-3-8-7(5-13)9(11(15)16)17-12-8/h6H,1-5H2,(H,15,16). The Hall–Kier alpha value is -1.85. The molecule has 1 amide bonds. The SMILES string of the molecule is O=C(O)c1onc2c1CN(C(=O)C1CC1)CC2. The highest BCUT2D eigenvalue weighted by Crippen LogP contribution is 2.33. The van der Waals surface area contributed by atoms with Gasteiger partial charge in [0, 0.05) is 24.4 Å². The predicted octanol–water partition coefficient (Wildman–Crippen LogP) is 0.667. The maximum absolute atomic E-state index is 11.9. The number of carboxylic acids is 1. The molecule has 1 aliphatic heterocycles. The molecule has 17 heavy (non-hydrogen) atoms. The van der Waals surface area contributed by atoms with Crippen LogP contribution in [0.25, 0.3) is 0 Å². The molecule has 1 N–H and O–H groups in total. The number of hydrogen-bond acceptors (Lipinski definition) is 4. The first-order chi connectivity index (χ1) is 8.16. The van der Waals surface area contributed by atoms with Gasteiger partial charge in [0.15, 0.2) is 0 Å². The molecule has 0 aromatic carbocycles. The van der Waals surface area contributed by atoms with Crippen LogP contribution in [0.15, 0.2) is 4.52 Å². The minimum Gasteiger partial charge on any atom is -0.475 e. The van der Waals surface area contributed by atoms with Crippen LogP contribution < -0.4 is 0 Å². The summed E-state index contributed by atoms with van der Waals surface area (Å²) < 4.78 is 4.80. The van der Waals surface area contributed by atoms with Crippen molar-refractivity contribution in [2.45, 2.75) is 25.8 Å². The number of carboxylic acid groups (broad SMARTS) is 1. The van der Waals surface area contributed by atoms with Crippen LogP contribution in [0.2, 0.25) is 0 Å². The van der Waals surface area contributed by atoms with Crippen LogP contribution in [0, 0.1) is 5.92 Å². The fourth-order valence-electron chi connectivity index (χ4n) is 2.16. The second-order valence-corrected chi connectivity index (χ2v) is 4.53. The second-order valence-electron chi connectivity index (χ2n) is 4.53. The molecule has 1 aromatic heterocycles. The first-order valence-electron chi connectivity index (χ1n) is 5.66. The Morgan fingerprint density at radius 2 is 2.18 bits per heavy atom. The summed E-state index contributed by atoms with van der Waals surface area (Å²) in [6, 6.07) is 0. The monoisotopic (exact) mass is 236 g/mol. The molecule has 6 nitrogen and oxygen atoms in total. The van der Waals surface area contributed by atoms with E-state index in [9.17, 15) is 9.59 Å². The van der Waals surface area contributed by atoms with Crippen LogP contribution in [0.4, 0.5) is 0 Å². The number of amides is 1. The zero-order valence-corrected chi connectivity index (χ0v) is 9.18. The van der Waals surface area contributed by atoms with Gasteiger partial charge in [0.2, 0.25) is 11.7 Å². The van der Waals surface area contributed by atoms with E-state index in [-0.39, 0.29) is 17.6 Å². The number of carbonyl (C=O) groups excluding carboxylic acids is 1. The van der Waals surface area contributed by atoms with E-state index in [1.165, 1.54) is 0 Å². The molecule has 3 rings (SSSR count). The van der Waals surface area contributed by atoms with Gasteiger partial charge in [-0.2, -0.15) is 0 Å². The van der Waals surface area contributed by atoms with Crippen molar-refractivity contribution >= 4 is 11.9 Å². The third-order valence-electron chi connectivity index (χ3n) is 3.27. The van der Waals surface area contributed by atoms with Crippen LogP contribution >= 0.6 is 0 Å². The van der Waals surface area contributed by atoms with E-state index in [0.29, 0.717) is 30.8 Å².